The van der Waals surface area contributed by atoms with E-state index in [1.54, 1.807) is 6.20 Å². The summed E-state index contributed by atoms with van der Waals surface area (Å²) < 4.78 is 6.00. The fourth-order valence-electron chi connectivity index (χ4n) is 1.93. The lowest BCUT2D eigenvalue weighted by Crippen LogP contribution is -1.95. The summed E-state index contributed by atoms with van der Waals surface area (Å²) in [6, 6.07) is 10.0. The van der Waals surface area contributed by atoms with Crippen LogP contribution in [0.2, 0.25) is 0 Å². The summed E-state index contributed by atoms with van der Waals surface area (Å²) in [5.41, 5.74) is 3.21. The predicted molar refractivity (Wildman–Crippen MR) is 79.1 cm³/mol. The molecule has 0 amide bonds. The number of hydrogen-bond acceptors (Lipinski definition) is 2. The van der Waals surface area contributed by atoms with Crippen molar-refractivity contribution in [3.8, 4) is 11.5 Å². The van der Waals surface area contributed by atoms with Crippen LogP contribution in [0.3, 0.4) is 0 Å². The number of rotatable bonds is 4. The molecular weight excluding hydrogens is 258 g/mol. The zero-order valence-corrected chi connectivity index (χ0v) is 12.2. The Morgan fingerprint density at radius 3 is 2.68 bits per heavy atom. The van der Waals surface area contributed by atoms with Gasteiger partial charge in [-0.1, -0.05) is 26.0 Å². The van der Waals surface area contributed by atoms with Crippen molar-refractivity contribution < 1.29 is 4.74 Å². The molecule has 0 spiro atoms. The first kappa shape index (κ1) is 13.9. The number of ether oxygens (including phenoxy) is 1. The lowest BCUT2D eigenvalue weighted by atomic mass is 10.0. The molecule has 0 radical (unpaired) electrons. The number of halogens is 1. The van der Waals surface area contributed by atoms with Gasteiger partial charge in [0.1, 0.15) is 11.5 Å². The zero-order valence-electron chi connectivity index (χ0n) is 11.5. The van der Waals surface area contributed by atoms with Gasteiger partial charge in [-0.2, -0.15) is 0 Å². The quantitative estimate of drug-likeness (QED) is 0.729. The molecule has 0 saturated heterocycles. The second kappa shape index (κ2) is 6.07. The standard InChI is InChI=1S/C16H18ClNO/c1-11(2)15-5-4-12(3)8-16(15)19-14-6-7-18-13(9-14)10-17/h4-9,11H,10H2,1-3H3. The highest BCUT2D eigenvalue weighted by molar-refractivity contribution is 6.16. The number of pyridine rings is 1. The number of aromatic nitrogens is 1. The first-order chi connectivity index (χ1) is 9.10. The Balaban J connectivity index is 2.33. The SMILES string of the molecule is Cc1ccc(C(C)C)c(Oc2ccnc(CCl)c2)c1. The minimum absolute atomic E-state index is 0.391. The first-order valence-corrected chi connectivity index (χ1v) is 6.93. The molecule has 1 aromatic heterocycles. The van der Waals surface area contributed by atoms with Gasteiger partial charge in [0.05, 0.1) is 11.6 Å². The fraction of sp³-hybridized carbons (Fsp3) is 0.312. The van der Waals surface area contributed by atoms with Crippen molar-refractivity contribution in [1.29, 1.82) is 0 Å². The second-order valence-electron chi connectivity index (χ2n) is 4.91. The predicted octanol–water partition coefficient (Wildman–Crippen LogP) is 5.04. The topological polar surface area (TPSA) is 22.1 Å². The molecule has 3 heteroatoms. The second-order valence-corrected chi connectivity index (χ2v) is 5.18. The Kier molecular flexibility index (Phi) is 4.43. The first-order valence-electron chi connectivity index (χ1n) is 6.39. The summed E-state index contributed by atoms with van der Waals surface area (Å²) in [7, 11) is 0. The number of hydrogen-bond donors (Lipinski definition) is 0. The molecule has 2 rings (SSSR count). The van der Waals surface area contributed by atoms with E-state index in [9.17, 15) is 0 Å². The van der Waals surface area contributed by atoms with Gasteiger partial charge in [0, 0.05) is 12.3 Å². The Morgan fingerprint density at radius 2 is 2.00 bits per heavy atom. The van der Waals surface area contributed by atoms with E-state index < -0.39 is 0 Å². The molecule has 1 heterocycles. The van der Waals surface area contributed by atoms with Gasteiger partial charge in [0.25, 0.3) is 0 Å². The summed E-state index contributed by atoms with van der Waals surface area (Å²) in [5.74, 6) is 2.49. The molecule has 0 bridgehead atoms. The van der Waals surface area contributed by atoms with Crippen molar-refractivity contribution in [2.75, 3.05) is 0 Å². The van der Waals surface area contributed by atoms with Crippen molar-refractivity contribution in [3.05, 3.63) is 53.3 Å². The maximum Gasteiger partial charge on any atom is 0.131 e. The van der Waals surface area contributed by atoms with Crippen LogP contribution in [0.15, 0.2) is 36.5 Å². The molecule has 2 nitrogen and oxygen atoms in total. The number of alkyl halides is 1. The molecule has 0 saturated carbocycles. The molecule has 0 unspecified atom stereocenters. The molecule has 0 aliphatic rings. The molecule has 19 heavy (non-hydrogen) atoms. The van der Waals surface area contributed by atoms with E-state index in [-0.39, 0.29) is 0 Å². The zero-order chi connectivity index (χ0) is 13.8. The van der Waals surface area contributed by atoms with E-state index >= 15 is 0 Å². The van der Waals surface area contributed by atoms with Crippen molar-refractivity contribution in [3.63, 3.8) is 0 Å². The highest BCUT2D eigenvalue weighted by Crippen LogP contribution is 2.31. The highest BCUT2D eigenvalue weighted by Gasteiger charge is 2.09. The maximum absolute atomic E-state index is 6.00. The van der Waals surface area contributed by atoms with Crippen LogP contribution >= 0.6 is 11.6 Å². The van der Waals surface area contributed by atoms with Crippen LogP contribution in [0.5, 0.6) is 11.5 Å². The Morgan fingerprint density at radius 1 is 1.21 bits per heavy atom. The maximum atomic E-state index is 6.00. The molecule has 0 fully saturated rings. The van der Waals surface area contributed by atoms with Gasteiger partial charge >= 0.3 is 0 Å². The minimum atomic E-state index is 0.391. The van der Waals surface area contributed by atoms with E-state index in [0.29, 0.717) is 11.8 Å². The van der Waals surface area contributed by atoms with Crippen LogP contribution in [0.1, 0.15) is 36.6 Å². The highest BCUT2D eigenvalue weighted by atomic mass is 35.5. The third kappa shape index (κ3) is 3.48. The van der Waals surface area contributed by atoms with Crippen LogP contribution < -0.4 is 4.74 Å². The van der Waals surface area contributed by atoms with Crippen molar-refractivity contribution in [2.45, 2.75) is 32.6 Å². The fourth-order valence-corrected chi connectivity index (χ4v) is 2.07. The summed E-state index contributed by atoms with van der Waals surface area (Å²) in [4.78, 5) is 4.16. The Hall–Kier alpha value is -1.54. The largest absolute Gasteiger partial charge is 0.457 e. The van der Waals surface area contributed by atoms with Crippen LogP contribution in [0.25, 0.3) is 0 Å². The van der Waals surface area contributed by atoms with Gasteiger partial charge in [0.15, 0.2) is 0 Å². The minimum Gasteiger partial charge on any atom is -0.457 e. The molecule has 0 atom stereocenters. The molecule has 0 N–H and O–H groups in total. The average Bonchev–Trinajstić information content (AvgIpc) is 2.38. The van der Waals surface area contributed by atoms with Crippen molar-refractivity contribution in [2.24, 2.45) is 0 Å². The van der Waals surface area contributed by atoms with E-state index in [0.717, 1.165) is 17.2 Å². The summed E-state index contributed by atoms with van der Waals surface area (Å²) in [5, 5.41) is 0. The third-order valence-electron chi connectivity index (χ3n) is 2.94. The van der Waals surface area contributed by atoms with Crippen molar-refractivity contribution >= 4 is 11.6 Å². The van der Waals surface area contributed by atoms with Crippen molar-refractivity contribution in [1.82, 2.24) is 4.98 Å². The number of aryl methyl sites for hydroxylation is 1. The Bertz CT molecular complexity index is 566. The van der Waals surface area contributed by atoms with Crippen LogP contribution in [-0.4, -0.2) is 4.98 Å². The van der Waals surface area contributed by atoms with Gasteiger partial charge in [0.2, 0.25) is 0 Å². The van der Waals surface area contributed by atoms with E-state index in [1.807, 2.05) is 12.1 Å². The molecule has 1 aromatic carbocycles. The van der Waals surface area contributed by atoms with Crippen LogP contribution in [0, 0.1) is 6.92 Å². The third-order valence-corrected chi connectivity index (χ3v) is 3.22. The molecule has 100 valence electrons. The van der Waals surface area contributed by atoms with Crippen LogP contribution in [-0.2, 0) is 5.88 Å². The monoisotopic (exact) mass is 275 g/mol. The lowest BCUT2D eigenvalue weighted by molar-refractivity contribution is 0.471. The Labute approximate surface area is 119 Å². The van der Waals surface area contributed by atoms with Crippen LogP contribution in [0.4, 0.5) is 0 Å². The summed E-state index contributed by atoms with van der Waals surface area (Å²) >= 11 is 5.79. The van der Waals surface area contributed by atoms with E-state index in [2.05, 4.69) is 44.0 Å². The normalized spacial score (nSPS) is 10.8. The average molecular weight is 276 g/mol. The summed E-state index contributed by atoms with van der Waals surface area (Å²) in [6.45, 7) is 6.39. The van der Waals surface area contributed by atoms with Gasteiger partial charge in [-0.05, 0) is 36.1 Å². The lowest BCUT2D eigenvalue weighted by Gasteiger charge is -2.14. The van der Waals surface area contributed by atoms with Gasteiger partial charge in [-0.25, -0.2) is 0 Å². The summed E-state index contributed by atoms with van der Waals surface area (Å²) in [6.07, 6.45) is 1.72. The van der Waals surface area contributed by atoms with E-state index in [1.165, 1.54) is 11.1 Å². The van der Waals surface area contributed by atoms with Gasteiger partial charge < -0.3 is 4.74 Å². The molecular formula is C16H18ClNO. The number of nitrogens with zero attached hydrogens (tertiary/aromatic N) is 1. The van der Waals surface area contributed by atoms with Gasteiger partial charge in [-0.15, -0.1) is 11.6 Å². The number of benzene rings is 1. The van der Waals surface area contributed by atoms with Gasteiger partial charge in [-0.3, -0.25) is 4.98 Å². The molecule has 0 aliphatic heterocycles. The molecule has 2 aromatic rings. The molecule has 0 aliphatic carbocycles. The smallest absolute Gasteiger partial charge is 0.131 e. The van der Waals surface area contributed by atoms with E-state index in [4.69, 9.17) is 16.3 Å².